The molecule has 3 heteroatoms. The molecule has 0 spiro atoms. The molecule has 0 saturated heterocycles. The Labute approximate surface area is 114 Å². The molecule has 0 heterocycles. The summed E-state index contributed by atoms with van der Waals surface area (Å²) in [6.07, 6.45) is 4.82. The molecule has 1 unspecified atom stereocenters. The molecular formula is C16H21FN2. The Morgan fingerprint density at radius 1 is 1.47 bits per heavy atom. The number of hydrogen-bond acceptors (Lipinski definition) is 2. The van der Waals surface area contributed by atoms with Gasteiger partial charge in [-0.05, 0) is 48.4 Å². The number of rotatable bonds is 3. The highest BCUT2D eigenvalue weighted by atomic mass is 19.1. The lowest BCUT2D eigenvalue weighted by Crippen LogP contribution is -2.37. The highest BCUT2D eigenvalue weighted by Gasteiger charge is 2.27. The van der Waals surface area contributed by atoms with Crippen LogP contribution < -0.4 is 5.32 Å². The van der Waals surface area contributed by atoms with E-state index in [-0.39, 0.29) is 5.82 Å². The third-order valence-corrected chi connectivity index (χ3v) is 3.97. The number of nitrogens with one attached hydrogen (secondary N) is 1. The molecule has 1 aromatic carbocycles. The number of nitriles is 1. The molecule has 0 aliphatic heterocycles. The predicted molar refractivity (Wildman–Crippen MR) is 74.0 cm³/mol. The normalized spacial score (nSPS) is 21.9. The van der Waals surface area contributed by atoms with Crippen LogP contribution in [0, 0.1) is 22.6 Å². The molecule has 0 aromatic heterocycles. The van der Waals surface area contributed by atoms with Gasteiger partial charge in [0.2, 0.25) is 0 Å². The first-order chi connectivity index (χ1) is 9.00. The van der Waals surface area contributed by atoms with Crippen molar-refractivity contribution in [3.05, 3.63) is 35.1 Å². The van der Waals surface area contributed by atoms with Gasteiger partial charge in [-0.3, -0.25) is 0 Å². The van der Waals surface area contributed by atoms with Crippen LogP contribution in [0.2, 0.25) is 0 Å². The average Bonchev–Trinajstić information content (AvgIpc) is 2.35. The van der Waals surface area contributed by atoms with Gasteiger partial charge in [0, 0.05) is 12.6 Å². The molecule has 102 valence electrons. The second kappa shape index (κ2) is 5.71. The summed E-state index contributed by atoms with van der Waals surface area (Å²) in [5.74, 6) is -0.278. The molecule has 1 atom stereocenters. The van der Waals surface area contributed by atoms with Crippen molar-refractivity contribution in [1.82, 2.24) is 5.32 Å². The molecular weight excluding hydrogens is 239 g/mol. The minimum absolute atomic E-state index is 0.278. The fourth-order valence-corrected chi connectivity index (χ4v) is 2.94. The summed E-state index contributed by atoms with van der Waals surface area (Å²) in [4.78, 5) is 0. The minimum atomic E-state index is -0.278. The van der Waals surface area contributed by atoms with Gasteiger partial charge in [-0.25, -0.2) is 4.39 Å². The van der Waals surface area contributed by atoms with Gasteiger partial charge in [0.15, 0.2) is 0 Å². The number of benzene rings is 1. The van der Waals surface area contributed by atoms with E-state index in [2.05, 4.69) is 25.2 Å². The zero-order chi connectivity index (χ0) is 13.9. The van der Waals surface area contributed by atoms with Crippen molar-refractivity contribution in [3.63, 3.8) is 0 Å². The standard InChI is InChI=1S/C16H21FN2/c1-16(2)7-3-4-15(9-16)19-11-13-8-14(17)6-5-12(13)10-18/h5-6,8,15,19H,3-4,7,9,11H2,1-2H3. The van der Waals surface area contributed by atoms with Gasteiger partial charge in [0.1, 0.15) is 5.82 Å². The zero-order valence-electron chi connectivity index (χ0n) is 11.7. The molecule has 1 aromatic rings. The molecule has 2 rings (SSSR count). The Bertz CT molecular complexity index is 488. The van der Waals surface area contributed by atoms with Crippen LogP contribution in [0.1, 0.15) is 50.7 Å². The van der Waals surface area contributed by atoms with Crippen molar-refractivity contribution in [3.8, 4) is 6.07 Å². The first kappa shape index (κ1) is 14.0. The van der Waals surface area contributed by atoms with Crippen LogP contribution in [-0.4, -0.2) is 6.04 Å². The van der Waals surface area contributed by atoms with E-state index in [1.165, 1.54) is 31.4 Å². The zero-order valence-corrected chi connectivity index (χ0v) is 11.7. The maximum Gasteiger partial charge on any atom is 0.123 e. The molecule has 1 fully saturated rings. The van der Waals surface area contributed by atoms with E-state index in [9.17, 15) is 4.39 Å². The van der Waals surface area contributed by atoms with E-state index >= 15 is 0 Å². The van der Waals surface area contributed by atoms with E-state index < -0.39 is 0 Å². The smallest absolute Gasteiger partial charge is 0.123 e. The Balaban J connectivity index is 1.99. The number of hydrogen-bond donors (Lipinski definition) is 1. The highest BCUT2D eigenvalue weighted by molar-refractivity contribution is 5.37. The van der Waals surface area contributed by atoms with Crippen LogP contribution in [0.25, 0.3) is 0 Å². The van der Waals surface area contributed by atoms with Gasteiger partial charge in [-0.1, -0.05) is 20.3 Å². The molecule has 1 N–H and O–H groups in total. The minimum Gasteiger partial charge on any atom is -0.310 e. The molecule has 1 aliphatic carbocycles. The fourth-order valence-electron chi connectivity index (χ4n) is 2.94. The third-order valence-electron chi connectivity index (χ3n) is 3.97. The van der Waals surface area contributed by atoms with E-state index in [1.807, 2.05) is 0 Å². The maximum atomic E-state index is 13.2. The van der Waals surface area contributed by atoms with Crippen LogP contribution in [0.4, 0.5) is 4.39 Å². The Kier molecular flexibility index (Phi) is 4.21. The Hall–Kier alpha value is -1.40. The van der Waals surface area contributed by atoms with E-state index in [0.29, 0.717) is 23.6 Å². The van der Waals surface area contributed by atoms with Crippen molar-refractivity contribution < 1.29 is 4.39 Å². The van der Waals surface area contributed by atoms with Gasteiger partial charge in [-0.15, -0.1) is 0 Å². The Morgan fingerprint density at radius 2 is 2.26 bits per heavy atom. The molecule has 19 heavy (non-hydrogen) atoms. The molecule has 1 saturated carbocycles. The summed E-state index contributed by atoms with van der Waals surface area (Å²) >= 11 is 0. The van der Waals surface area contributed by atoms with Gasteiger partial charge >= 0.3 is 0 Å². The van der Waals surface area contributed by atoms with Crippen LogP contribution >= 0.6 is 0 Å². The summed E-state index contributed by atoms with van der Waals surface area (Å²) in [5.41, 5.74) is 1.70. The maximum absolute atomic E-state index is 13.2. The molecule has 0 bridgehead atoms. The van der Waals surface area contributed by atoms with Crippen LogP contribution in [0.15, 0.2) is 18.2 Å². The summed E-state index contributed by atoms with van der Waals surface area (Å²) in [5, 5.41) is 12.5. The van der Waals surface area contributed by atoms with Crippen LogP contribution in [-0.2, 0) is 6.54 Å². The quantitative estimate of drug-likeness (QED) is 0.898. The SMILES string of the molecule is CC1(C)CCCC(NCc2cc(F)ccc2C#N)C1. The largest absolute Gasteiger partial charge is 0.310 e. The lowest BCUT2D eigenvalue weighted by Gasteiger charge is -2.35. The van der Waals surface area contributed by atoms with Gasteiger partial charge in [0.05, 0.1) is 11.6 Å². The van der Waals surface area contributed by atoms with Crippen molar-refractivity contribution in [2.75, 3.05) is 0 Å². The second-order valence-electron chi connectivity index (χ2n) is 6.25. The average molecular weight is 260 g/mol. The summed E-state index contributed by atoms with van der Waals surface area (Å²) in [7, 11) is 0. The molecule has 1 aliphatic rings. The van der Waals surface area contributed by atoms with E-state index in [1.54, 1.807) is 6.07 Å². The van der Waals surface area contributed by atoms with Crippen LogP contribution in [0.5, 0.6) is 0 Å². The molecule has 0 amide bonds. The van der Waals surface area contributed by atoms with Crippen molar-refractivity contribution in [1.29, 1.82) is 5.26 Å². The first-order valence-corrected chi connectivity index (χ1v) is 6.92. The van der Waals surface area contributed by atoms with Crippen molar-refractivity contribution in [2.24, 2.45) is 5.41 Å². The second-order valence-corrected chi connectivity index (χ2v) is 6.25. The fraction of sp³-hybridized carbons (Fsp3) is 0.562. The van der Waals surface area contributed by atoms with Crippen molar-refractivity contribution in [2.45, 2.75) is 52.1 Å². The van der Waals surface area contributed by atoms with E-state index in [4.69, 9.17) is 5.26 Å². The predicted octanol–water partition coefficient (Wildman–Crippen LogP) is 3.76. The first-order valence-electron chi connectivity index (χ1n) is 6.92. The van der Waals surface area contributed by atoms with Crippen LogP contribution in [0.3, 0.4) is 0 Å². The topological polar surface area (TPSA) is 35.8 Å². The lowest BCUT2D eigenvalue weighted by atomic mass is 9.75. The van der Waals surface area contributed by atoms with Gasteiger partial charge in [0.25, 0.3) is 0 Å². The molecule has 0 radical (unpaired) electrons. The van der Waals surface area contributed by atoms with Gasteiger partial charge < -0.3 is 5.32 Å². The van der Waals surface area contributed by atoms with Gasteiger partial charge in [-0.2, -0.15) is 5.26 Å². The third kappa shape index (κ3) is 3.78. The summed E-state index contributed by atoms with van der Waals surface area (Å²) in [6, 6.07) is 6.94. The van der Waals surface area contributed by atoms with E-state index in [0.717, 1.165) is 12.0 Å². The highest BCUT2D eigenvalue weighted by Crippen LogP contribution is 2.35. The summed E-state index contributed by atoms with van der Waals surface area (Å²) < 4.78 is 13.2. The molecule has 2 nitrogen and oxygen atoms in total. The summed E-state index contributed by atoms with van der Waals surface area (Å²) in [6.45, 7) is 5.16. The van der Waals surface area contributed by atoms with Crippen molar-refractivity contribution >= 4 is 0 Å². The monoisotopic (exact) mass is 260 g/mol. The Morgan fingerprint density at radius 3 is 2.95 bits per heavy atom. The number of nitrogens with zero attached hydrogens (tertiary/aromatic N) is 1. The lowest BCUT2D eigenvalue weighted by molar-refractivity contribution is 0.197. The number of halogens is 1.